The van der Waals surface area contributed by atoms with E-state index >= 15 is 0 Å². The fourth-order valence-electron chi connectivity index (χ4n) is 2.59. The van der Waals surface area contributed by atoms with Crippen LogP contribution in [0.5, 0.6) is 0 Å². The van der Waals surface area contributed by atoms with Crippen molar-refractivity contribution in [2.24, 2.45) is 5.73 Å². The molecule has 0 aliphatic heterocycles. The topological polar surface area (TPSA) is 130 Å². The van der Waals surface area contributed by atoms with Crippen LogP contribution in [0.4, 0.5) is 11.4 Å². The van der Waals surface area contributed by atoms with Crippen molar-refractivity contribution in [1.82, 2.24) is 9.97 Å². The van der Waals surface area contributed by atoms with Crippen molar-refractivity contribution < 1.29 is 13.2 Å². The molecule has 0 saturated carbocycles. The highest BCUT2D eigenvalue weighted by Gasteiger charge is 2.17. The molecule has 3 rings (SSSR count). The largest absolute Gasteiger partial charge is 0.348 e. The summed E-state index contributed by atoms with van der Waals surface area (Å²) in [7, 11) is -3.72. The number of aryl methyl sites for hydroxylation is 1. The van der Waals surface area contributed by atoms with Crippen molar-refractivity contribution in [3.63, 3.8) is 0 Å². The number of nitrogens with one attached hydrogen (secondary N) is 3. The van der Waals surface area contributed by atoms with Gasteiger partial charge in [-0.15, -0.1) is 0 Å². The molecule has 1 aromatic heterocycles. The number of rotatable bonds is 7. The van der Waals surface area contributed by atoms with Gasteiger partial charge >= 0.3 is 0 Å². The first kappa shape index (κ1) is 19.6. The summed E-state index contributed by atoms with van der Waals surface area (Å²) in [5.41, 5.74) is 8.31. The molecule has 0 aliphatic rings. The Morgan fingerprint density at radius 3 is 2.64 bits per heavy atom. The molecule has 1 heterocycles. The molecule has 9 heteroatoms. The van der Waals surface area contributed by atoms with Gasteiger partial charge in [-0.05, 0) is 36.8 Å². The molecule has 28 heavy (non-hydrogen) atoms. The van der Waals surface area contributed by atoms with Crippen molar-refractivity contribution in [3.05, 3.63) is 72.3 Å². The van der Waals surface area contributed by atoms with E-state index in [-0.39, 0.29) is 10.8 Å². The minimum absolute atomic E-state index is 0.155. The first-order chi connectivity index (χ1) is 13.3. The number of sulfonamides is 1. The third-order valence-corrected chi connectivity index (χ3v) is 5.53. The molecule has 0 fully saturated rings. The van der Waals surface area contributed by atoms with Crippen LogP contribution in [0.3, 0.4) is 0 Å². The number of H-pyrrole nitrogens is 1. The van der Waals surface area contributed by atoms with Gasteiger partial charge in [-0.3, -0.25) is 9.52 Å². The van der Waals surface area contributed by atoms with E-state index in [0.29, 0.717) is 17.8 Å². The number of anilines is 2. The highest BCUT2D eigenvalue weighted by molar-refractivity contribution is 7.92. The maximum Gasteiger partial charge on any atom is 0.261 e. The van der Waals surface area contributed by atoms with E-state index in [9.17, 15) is 13.2 Å². The second kappa shape index (κ2) is 8.24. The maximum absolute atomic E-state index is 12.5. The zero-order valence-corrected chi connectivity index (χ0v) is 16.0. The summed E-state index contributed by atoms with van der Waals surface area (Å²) in [4.78, 5) is 19.4. The molecule has 0 aliphatic carbocycles. The van der Waals surface area contributed by atoms with Crippen molar-refractivity contribution in [3.8, 4) is 0 Å². The van der Waals surface area contributed by atoms with Crippen LogP contribution in [0.1, 0.15) is 11.3 Å². The van der Waals surface area contributed by atoms with E-state index in [4.69, 9.17) is 5.73 Å². The molecule has 0 spiro atoms. The third kappa shape index (κ3) is 4.76. The number of hydrogen-bond donors (Lipinski definition) is 4. The minimum Gasteiger partial charge on any atom is -0.348 e. The molecule has 0 bridgehead atoms. The van der Waals surface area contributed by atoms with E-state index in [1.165, 1.54) is 18.5 Å². The molecule has 0 saturated heterocycles. The lowest BCUT2D eigenvalue weighted by Gasteiger charge is -2.15. The molecular weight excluding hydrogens is 378 g/mol. The highest BCUT2D eigenvalue weighted by Crippen LogP contribution is 2.23. The van der Waals surface area contributed by atoms with Gasteiger partial charge in [0.05, 0.1) is 23.0 Å². The Kier molecular flexibility index (Phi) is 5.76. The Hall–Kier alpha value is -3.17. The number of amides is 1. The summed E-state index contributed by atoms with van der Waals surface area (Å²) in [6.07, 6.45) is 3.44. The van der Waals surface area contributed by atoms with Gasteiger partial charge in [0, 0.05) is 24.0 Å². The van der Waals surface area contributed by atoms with Crippen LogP contribution in [0.15, 0.2) is 66.0 Å². The zero-order chi connectivity index (χ0) is 20.1. The number of imidazole rings is 1. The van der Waals surface area contributed by atoms with Crippen LogP contribution in [0.2, 0.25) is 0 Å². The molecule has 8 nitrogen and oxygen atoms in total. The van der Waals surface area contributed by atoms with Gasteiger partial charge < -0.3 is 16.0 Å². The number of aromatic amines is 1. The first-order valence-electron chi connectivity index (χ1n) is 8.57. The van der Waals surface area contributed by atoms with Crippen LogP contribution < -0.4 is 15.8 Å². The van der Waals surface area contributed by atoms with E-state index < -0.39 is 16.1 Å². The number of hydrogen-bond acceptors (Lipinski definition) is 5. The first-order valence-corrected chi connectivity index (χ1v) is 10.1. The lowest BCUT2D eigenvalue weighted by Crippen LogP contribution is -2.37. The van der Waals surface area contributed by atoms with Crippen molar-refractivity contribution >= 4 is 27.3 Å². The van der Waals surface area contributed by atoms with Crippen LogP contribution in [-0.4, -0.2) is 30.3 Å². The number of nitrogens with zero attached hydrogens (tertiary/aromatic N) is 1. The monoisotopic (exact) mass is 399 g/mol. The summed E-state index contributed by atoms with van der Waals surface area (Å²) >= 11 is 0. The third-order valence-electron chi connectivity index (χ3n) is 4.13. The van der Waals surface area contributed by atoms with Gasteiger partial charge in [0.1, 0.15) is 0 Å². The highest BCUT2D eigenvalue weighted by atomic mass is 32.2. The van der Waals surface area contributed by atoms with Gasteiger partial charge in [0.25, 0.3) is 10.0 Å². The average Bonchev–Trinajstić information content (AvgIpc) is 3.18. The standard InChI is InChI=1S/C19H21N5O3S/c1-13-7-8-14(24-28(26,27)16-5-3-2-4-6-16)10-18(13)23-19(25)17(20)9-15-11-21-12-22-15/h2-8,10-12,17,24H,9,20H2,1H3,(H,21,22)(H,23,25)/t17-/m1/s1. The van der Waals surface area contributed by atoms with Gasteiger partial charge in [-0.25, -0.2) is 13.4 Å². The lowest BCUT2D eigenvalue weighted by atomic mass is 10.1. The maximum atomic E-state index is 12.5. The Bertz CT molecular complexity index is 1050. The van der Waals surface area contributed by atoms with Crippen molar-refractivity contribution in [2.75, 3.05) is 10.0 Å². The second-order valence-corrected chi connectivity index (χ2v) is 8.01. The normalized spacial score (nSPS) is 12.4. The average molecular weight is 399 g/mol. The molecular formula is C19H21N5O3S. The Morgan fingerprint density at radius 2 is 1.96 bits per heavy atom. The Balaban J connectivity index is 1.73. The number of aromatic nitrogens is 2. The van der Waals surface area contributed by atoms with E-state index in [1.807, 2.05) is 6.92 Å². The summed E-state index contributed by atoms with van der Waals surface area (Å²) in [6.45, 7) is 1.81. The molecule has 1 amide bonds. The Morgan fingerprint density at radius 1 is 1.21 bits per heavy atom. The summed E-state index contributed by atoms with van der Waals surface area (Å²) in [5.74, 6) is -0.374. The predicted octanol–water partition coefficient (Wildman–Crippen LogP) is 2.03. The fourth-order valence-corrected chi connectivity index (χ4v) is 3.66. The molecule has 3 aromatic rings. The lowest BCUT2D eigenvalue weighted by molar-refractivity contribution is -0.117. The van der Waals surface area contributed by atoms with Gasteiger partial charge in [-0.2, -0.15) is 0 Å². The van der Waals surface area contributed by atoms with E-state index in [1.54, 1.807) is 42.6 Å². The molecule has 1 atom stereocenters. The number of nitrogens with two attached hydrogens (primary N) is 1. The predicted molar refractivity (Wildman–Crippen MR) is 107 cm³/mol. The zero-order valence-electron chi connectivity index (χ0n) is 15.2. The molecule has 0 radical (unpaired) electrons. The van der Waals surface area contributed by atoms with Crippen molar-refractivity contribution in [1.29, 1.82) is 0 Å². The van der Waals surface area contributed by atoms with Gasteiger partial charge in [0.15, 0.2) is 0 Å². The molecule has 2 aromatic carbocycles. The second-order valence-electron chi connectivity index (χ2n) is 6.32. The summed E-state index contributed by atoms with van der Waals surface area (Å²) in [6, 6.07) is 12.2. The SMILES string of the molecule is Cc1ccc(NS(=O)(=O)c2ccccc2)cc1NC(=O)[C@H](N)Cc1cnc[nH]1. The van der Waals surface area contributed by atoms with Gasteiger partial charge in [0.2, 0.25) is 5.91 Å². The quantitative estimate of drug-likeness (QED) is 0.483. The molecule has 0 unspecified atom stereocenters. The smallest absolute Gasteiger partial charge is 0.261 e. The minimum atomic E-state index is -3.72. The number of carbonyl (C=O) groups excluding carboxylic acids is 1. The summed E-state index contributed by atoms with van der Waals surface area (Å²) < 4.78 is 27.5. The van der Waals surface area contributed by atoms with Crippen LogP contribution in [-0.2, 0) is 21.2 Å². The van der Waals surface area contributed by atoms with Crippen LogP contribution >= 0.6 is 0 Å². The molecule has 146 valence electrons. The fraction of sp³-hybridized carbons (Fsp3) is 0.158. The van der Waals surface area contributed by atoms with Crippen LogP contribution in [0.25, 0.3) is 0 Å². The van der Waals surface area contributed by atoms with E-state index in [0.717, 1.165) is 11.3 Å². The number of benzene rings is 2. The van der Waals surface area contributed by atoms with Gasteiger partial charge in [-0.1, -0.05) is 24.3 Å². The van der Waals surface area contributed by atoms with Crippen molar-refractivity contribution in [2.45, 2.75) is 24.3 Å². The number of carbonyl (C=O) groups is 1. The van der Waals surface area contributed by atoms with Crippen LogP contribution in [0, 0.1) is 6.92 Å². The summed E-state index contributed by atoms with van der Waals surface area (Å²) in [5, 5.41) is 2.76. The Labute approximate surface area is 163 Å². The molecule has 5 N–H and O–H groups in total. The van der Waals surface area contributed by atoms with E-state index in [2.05, 4.69) is 20.0 Å².